The van der Waals surface area contributed by atoms with E-state index >= 15 is 0 Å². The Balaban J connectivity index is 1.48. The number of likely N-dealkylation sites (N-methyl/N-ethyl adjacent to an activating group) is 1. The minimum absolute atomic E-state index is 0.297. The summed E-state index contributed by atoms with van der Waals surface area (Å²) in [6, 6.07) is 15.1. The maximum Gasteiger partial charge on any atom is 0.261 e. The van der Waals surface area contributed by atoms with Gasteiger partial charge in [0.15, 0.2) is 0 Å². The van der Waals surface area contributed by atoms with E-state index in [-0.39, 0.29) is 0 Å². The van der Waals surface area contributed by atoms with Gasteiger partial charge in [-0.15, -0.1) is 0 Å². The van der Waals surface area contributed by atoms with Gasteiger partial charge in [0, 0.05) is 24.2 Å². The van der Waals surface area contributed by atoms with Crippen molar-refractivity contribution in [1.82, 2.24) is 4.90 Å². The Morgan fingerprint density at radius 1 is 1.11 bits per heavy atom. The molecule has 0 amide bonds. The average molecular weight is 385 g/mol. The van der Waals surface area contributed by atoms with E-state index in [1.54, 1.807) is 12.1 Å². The number of piperidine rings is 1. The van der Waals surface area contributed by atoms with Gasteiger partial charge >= 0.3 is 0 Å². The normalized spacial score (nSPS) is 24.8. The molecule has 2 aromatic rings. The second kappa shape index (κ2) is 6.64. The van der Waals surface area contributed by atoms with Crippen molar-refractivity contribution < 1.29 is 8.42 Å². The number of sulfonamides is 1. The van der Waals surface area contributed by atoms with Gasteiger partial charge in [-0.25, -0.2) is 8.42 Å². The fraction of sp³-hybridized carbons (Fsp3) is 0.455. The molecule has 2 atom stereocenters. The first-order valence-electron chi connectivity index (χ1n) is 9.80. The summed E-state index contributed by atoms with van der Waals surface area (Å²) in [4.78, 5) is 2.80. The van der Waals surface area contributed by atoms with E-state index in [0.29, 0.717) is 21.9 Å². The Labute approximate surface area is 162 Å². The van der Waals surface area contributed by atoms with Crippen molar-refractivity contribution in [3.05, 3.63) is 59.7 Å². The van der Waals surface area contributed by atoms with E-state index < -0.39 is 10.0 Å². The lowest BCUT2D eigenvalue weighted by Crippen LogP contribution is -2.26. The van der Waals surface area contributed by atoms with Crippen molar-refractivity contribution >= 4 is 15.7 Å². The van der Waals surface area contributed by atoms with E-state index in [2.05, 4.69) is 42.5 Å². The van der Waals surface area contributed by atoms with Crippen LogP contribution in [0.5, 0.6) is 0 Å². The summed E-state index contributed by atoms with van der Waals surface area (Å²) in [6.45, 7) is 9.82. The quantitative estimate of drug-likeness (QED) is 0.812. The zero-order valence-corrected chi connectivity index (χ0v) is 17.1. The first kappa shape index (κ1) is 18.5. The molecule has 0 spiro atoms. The van der Waals surface area contributed by atoms with Gasteiger partial charge in [-0.1, -0.05) is 45.0 Å². The van der Waals surface area contributed by atoms with E-state index in [1.807, 2.05) is 24.3 Å². The molecule has 27 heavy (non-hydrogen) atoms. The summed E-state index contributed by atoms with van der Waals surface area (Å²) in [5.74, 6) is 1.14. The van der Waals surface area contributed by atoms with Crippen molar-refractivity contribution in [1.29, 1.82) is 0 Å². The third-order valence-electron chi connectivity index (χ3n) is 6.23. The van der Waals surface area contributed by atoms with Crippen LogP contribution in [-0.2, 0) is 15.4 Å². The number of fused-ring (bicyclic) bond motifs is 1. The molecule has 1 aliphatic heterocycles. The number of benzene rings is 2. The van der Waals surface area contributed by atoms with Crippen molar-refractivity contribution in [2.75, 3.05) is 24.4 Å². The molecule has 0 bridgehead atoms. The van der Waals surface area contributed by atoms with E-state index in [9.17, 15) is 8.42 Å². The van der Waals surface area contributed by atoms with Gasteiger partial charge in [-0.3, -0.25) is 4.72 Å². The van der Waals surface area contributed by atoms with Gasteiger partial charge in [0.2, 0.25) is 0 Å². The summed E-state index contributed by atoms with van der Waals surface area (Å²) in [5.41, 5.74) is 3.40. The zero-order valence-electron chi connectivity index (χ0n) is 16.3. The number of rotatable bonds is 6. The lowest BCUT2D eigenvalue weighted by Gasteiger charge is -2.19. The van der Waals surface area contributed by atoms with Gasteiger partial charge in [0.1, 0.15) is 0 Å². The van der Waals surface area contributed by atoms with Crippen molar-refractivity contribution in [3.63, 3.8) is 0 Å². The molecule has 2 fully saturated rings. The Kier molecular flexibility index (Phi) is 4.55. The second-order valence-corrected chi connectivity index (χ2v) is 9.97. The molecule has 1 heterocycles. The van der Waals surface area contributed by atoms with Gasteiger partial charge in [-0.2, -0.15) is 0 Å². The molecule has 144 valence electrons. The molecule has 1 unspecified atom stereocenters. The Morgan fingerprint density at radius 3 is 2.33 bits per heavy atom. The molecule has 2 aromatic carbocycles. The van der Waals surface area contributed by atoms with Crippen LogP contribution in [0.15, 0.2) is 53.4 Å². The molecule has 0 radical (unpaired) electrons. The molecular formula is C22H28N2O2S. The Hall–Kier alpha value is -1.85. The van der Waals surface area contributed by atoms with Crippen LogP contribution < -0.4 is 4.72 Å². The molecule has 1 aliphatic carbocycles. The maximum absolute atomic E-state index is 12.7. The smallest absolute Gasteiger partial charge is 0.261 e. The molecule has 1 N–H and O–H groups in total. The monoisotopic (exact) mass is 384 g/mol. The summed E-state index contributed by atoms with van der Waals surface area (Å²) >= 11 is 0. The average Bonchev–Trinajstić information content (AvgIpc) is 3.23. The number of anilines is 1. The molecule has 1 saturated heterocycles. The molecule has 0 aromatic heterocycles. The highest BCUT2D eigenvalue weighted by Crippen LogP contribution is 2.58. The highest BCUT2D eigenvalue weighted by Gasteiger charge is 2.60. The number of nitrogens with one attached hydrogen (secondary N) is 1. The third-order valence-corrected chi connectivity index (χ3v) is 7.63. The summed E-state index contributed by atoms with van der Waals surface area (Å²) in [6.07, 6.45) is 1.26. The van der Waals surface area contributed by atoms with Crippen molar-refractivity contribution in [2.45, 2.75) is 43.4 Å². The van der Waals surface area contributed by atoms with Crippen LogP contribution in [0.1, 0.15) is 44.2 Å². The largest absolute Gasteiger partial charge is 0.302 e. The van der Waals surface area contributed by atoms with Crippen LogP contribution in [0.2, 0.25) is 0 Å². The van der Waals surface area contributed by atoms with Crippen LogP contribution in [0.3, 0.4) is 0 Å². The van der Waals surface area contributed by atoms with E-state index in [0.717, 1.165) is 24.6 Å². The number of nitrogens with zero attached hydrogens (tertiary/aromatic N) is 1. The highest BCUT2D eigenvalue weighted by atomic mass is 32.2. The van der Waals surface area contributed by atoms with Crippen LogP contribution in [0.25, 0.3) is 0 Å². The fourth-order valence-electron chi connectivity index (χ4n) is 4.39. The van der Waals surface area contributed by atoms with Gasteiger partial charge in [-0.05, 0) is 60.2 Å². The molecular weight excluding hydrogens is 356 g/mol. The Morgan fingerprint density at radius 2 is 1.78 bits per heavy atom. The molecule has 4 nitrogen and oxygen atoms in total. The third kappa shape index (κ3) is 3.39. The predicted octanol–water partition coefficient (Wildman–Crippen LogP) is 4.20. The summed E-state index contributed by atoms with van der Waals surface area (Å²) < 4.78 is 28.0. The maximum atomic E-state index is 12.7. The number of likely N-dealkylation sites (tertiary alicyclic amines) is 1. The lowest BCUT2D eigenvalue weighted by atomic mass is 9.95. The van der Waals surface area contributed by atoms with Crippen molar-refractivity contribution in [3.8, 4) is 0 Å². The van der Waals surface area contributed by atoms with Crippen LogP contribution >= 0.6 is 0 Å². The minimum Gasteiger partial charge on any atom is -0.302 e. The standard InChI is InChI=1S/C22H28N2O2S/c1-4-24-14-19-13-22(19,15-24)18-7-9-20(10-8-18)23-27(25,26)21-11-5-17(6-12-21)16(2)3/h5-12,16,19,23H,4,13-15H2,1-3H3/t19-,22?/m1/s1. The second-order valence-electron chi connectivity index (χ2n) is 8.29. The van der Waals surface area contributed by atoms with Gasteiger partial charge in [0.25, 0.3) is 10.0 Å². The minimum atomic E-state index is -3.56. The van der Waals surface area contributed by atoms with Gasteiger partial charge in [0.05, 0.1) is 4.90 Å². The van der Waals surface area contributed by atoms with Gasteiger partial charge < -0.3 is 4.90 Å². The first-order chi connectivity index (χ1) is 12.8. The predicted molar refractivity (Wildman–Crippen MR) is 110 cm³/mol. The first-order valence-corrected chi connectivity index (χ1v) is 11.3. The molecule has 2 aliphatic rings. The summed E-state index contributed by atoms with van der Waals surface area (Å²) in [7, 11) is -3.56. The topological polar surface area (TPSA) is 49.4 Å². The zero-order chi connectivity index (χ0) is 19.2. The Bertz CT molecular complexity index is 920. The molecule has 1 saturated carbocycles. The van der Waals surface area contributed by atoms with Crippen LogP contribution in [0, 0.1) is 5.92 Å². The number of hydrogen-bond donors (Lipinski definition) is 1. The number of hydrogen-bond acceptors (Lipinski definition) is 3. The summed E-state index contributed by atoms with van der Waals surface area (Å²) in [5, 5.41) is 0. The van der Waals surface area contributed by atoms with E-state index in [1.165, 1.54) is 18.5 Å². The van der Waals surface area contributed by atoms with Crippen molar-refractivity contribution in [2.24, 2.45) is 5.92 Å². The molecule has 4 rings (SSSR count). The fourth-order valence-corrected chi connectivity index (χ4v) is 5.45. The van der Waals surface area contributed by atoms with E-state index in [4.69, 9.17) is 0 Å². The van der Waals surface area contributed by atoms with Crippen LogP contribution in [0.4, 0.5) is 5.69 Å². The SMILES string of the molecule is CCN1C[C@H]2CC2(c2ccc(NS(=O)(=O)c3ccc(C(C)C)cc3)cc2)C1. The highest BCUT2D eigenvalue weighted by molar-refractivity contribution is 7.92. The molecule has 5 heteroatoms. The van der Waals surface area contributed by atoms with Crippen LogP contribution in [-0.4, -0.2) is 33.0 Å². The lowest BCUT2D eigenvalue weighted by molar-refractivity contribution is 0.314.